The minimum absolute atomic E-state index is 0.350. The summed E-state index contributed by atoms with van der Waals surface area (Å²) < 4.78 is 13.3. The lowest BCUT2D eigenvalue weighted by Gasteiger charge is -2.57. The highest BCUT2D eigenvalue weighted by Crippen LogP contribution is 2.61. The fourth-order valence-corrected chi connectivity index (χ4v) is 11.8. The first-order valence-electron chi connectivity index (χ1n) is 21.5. The first kappa shape index (κ1) is 34.1. The molecule has 288 valence electrons. The maximum atomic E-state index is 6.73. The molecule has 14 rings (SSSR count). The maximum absolute atomic E-state index is 6.73. The fourth-order valence-electron chi connectivity index (χ4n) is 11.8. The highest BCUT2D eigenvalue weighted by Gasteiger charge is 2.51. The molecule has 0 atom stereocenters. The van der Waals surface area contributed by atoms with Crippen LogP contribution >= 0.6 is 0 Å². The molecular weight excluding hydrogens is 735 g/mol. The van der Waals surface area contributed by atoms with Crippen LogP contribution in [0.1, 0.15) is 44.1 Å². The number of hydrogen-bond donors (Lipinski definition) is 0. The van der Waals surface area contributed by atoms with Crippen LogP contribution in [-0.2, 0) is 5.41 Å². The molecule has 4 saturated carbocycles. The lowest BCUT2D eigenvalue weighted by molar-refractivity contribution is -0.00518. The molecule has 5 nitrogen and oxygen atoms in total. The van der Waals surface area contributed by atoms with Gasteiger partial charge in [-0.25, -0.2) is 15.0 Å². The highest BCUT2D eigenvalue weighted by atomic mass is 16.3. The molecule has 60 heavy (non-hydrogen) atoms. The lowest BCUT2D eigenvalue weighted by atomic mass is 9.48. The monoisotopic (exact) mass is 775 g/mol. The average molecular weight is 776 g/mol. The first-order valence-corrected chi connectivity index (χ1v) is 21.5. The van der Waals surface area contributed by atoms with Crippen LogP contribution < -0.4 is 0 Å². The number of furan rings is 2. The molecule has 4 bridgehead atoms. The minimum atomic E-state index is 0.350. The molecule has 0 radical (unpaired) electrons. The van der Waals surface area contributed by atoms with Crippen LogP contribution in [0.2, 0.25) is 0 Å². The number of nitrogens with zero attached hydrogens (tertiary/aromatic N) is 3. The SMILES string of the molecule is c1ccc(-c2ccc(-c3nc(-c4cccc5c4oc4ccccc45)nc(-c4cc(-c5ccc(C67CC8CC(CC(C8)C6)C7)cc5)cc5c4oc4ccccc45)n3)cc2)cc1. The Morgan fingerprint density at radius 3 is 1.57 bits per heavy atom. The van der Waals surface area contributed by atoms with Gasteiger partial charge in [0.1, 0.15) is 22.3 Å². The van der Waals surface area contributed by atoms with Gasteiger partial charge < -0.3 is 8.83 Å². The summed E-state index contributed by atoms with van der Waals surface area (Å²) in [6, 6.07) is 55.6. The van der Waals surface area contributed by atoms with Crippen molar-refractivity contribution in [2.45, 2.75) is 43.9 Å². The van der Waals surface area contributed by atoms with E-state index < -0.39 is 0 Å². The normalized spacial score (nSPS) is 20.8. The zero-order valence-corrected chi connectivity index (χ0v) is 33.1. The van der Waals surface area contributed by atoms with Gasteiger partial charge in [-0.3, -0.25) is 0 Å². The van der Waals surface area contributed by atoms with Crippen molar-refractivity contribution in [1.82, 2.24) is 15.0 Å². The largest absolute Gasteiger partial charge is 0.455 e. The van der Waals surface area contributed by atoms with Gasteiger partial charge in [0, 0.05) is 27.1 Å². The van der Waals surface area contributed by atoms with E-state index in [1.165, 1.54) is 49.7 Å². The molecule has 10 aromatic rings. The topological polar surface area (TPSA) is 65.0 Å². The van der Waals surface area contributed by atoms with Crippen LogP contribution in [0, 0.1) is 17.8 Å². The van der Waals surface area contributed by atoms with Crippen molar-refractivity contribution in [3.8, 4) is 56.4 Å². The van der Waals surface area contributed by atoms with Gasteiger partial charge in [0.2, 0.25) is 0 Å². The second-order valence-corrected chi connectivity index (χ2v) is 17.8. The molecule has 4 fully saturated rings. The van der Waals surface area contributed by atoms with Gasteiger partial charge in [-0.05, 0) is 120 Å². The molecule has 5 heteroatoms. The summed E-state index contributed by atoms with van der Waals surface area (Å²) in [6.45, 7) is 0. The molecule has 7 aromatic carbocycles. The van der Waals surface area contributed by atoms with Crippen LogP contribution in [0.4, 0.5) is 0 Å². The smallest absolute Gasteiger partial charge is 0.167 e. The van der Waals surface area contributed by atoms with E-state index in [2.05, 4.69) is 115 Å². The summed E-state index contributed by atoms with van der Waals surface area (Å²) in [6.07, 6.45) is 8.42. The second kappa shape index (κ2) is 13.1. The molecule has 3 aromatic heterocycles. The van der Waals surface area contributed by atoms with Crippen LogP contribution in [0.3, 0.4) is 0 Å². The average Bonchev–Trinajstić information content (AvgIpc) is 3.87. The van der Waals surface area contributed by atoms with Crippen molar-refractivity contribution in [2.75, 3.05) is 0 Å². The van der Waals surface area contributed by atoms with Gasteiger partial charge in [-0.1, -0.05) is 127 Å². The number of rotatable bonds is 6. The van der Waals surface area contributed by atoms with Crippen LogP contribution in [0.5, 0.6) is 0 Å². The standard InChI is InChI=1S/C55H41N3O2/c1-2-9-36(10-3-1)37-17-19-39(20-18-37)52-56-53(45-14-8-13-44-42-11-4-6-15-48(42)59-50(44)45)58-54(57-52)47-29-40(28-46-43-12-5-7-16-49(43)60-51(46)47)38-21-23-41(24-22-38)55-30-33-25-34(31-55)27-35(26-33)32-55/h1-24,28-29,33-35H,25-27,30-32H2. The van der Waals surface area contributed by atoms with Crippen molar-refractivity contribution in [3.05, 3.63) is 163 Å². The Hall–Kier alpha value is -6.85. The number of aromatic nitrogens is 3. The third-order valence-electron chi connectivity index (χ3n) is 14.1. The molecule has 4 aliphatic carbocycles. The summed E-state index contributed by atoms with van der Waals surface area (Å²) in [7, 11) is 0. The van der Waals surface area contributed by atoms with E-state index in [0.29, 0.717) is 22.9 Å². The van der Waals surface area contributed by atoms with E-state index >= 15 is 0 Å². The van der Waals surface area contributed by atoms with Gasteiger partial charge in [0.25, 0.3) is 0 Å². The van der Waals surface area contributed by atoms with Crippen LogP contribution in [-0.4, -0.2) is 15.0 Å². The fraction of sp³-hybridized carbons (Fsp3) is 0.182. The third-order valence-corrected chi connectivity index (χ3v) is 14.1. The summed E-state index contributed by atoms with van der Waals surface area (Å²) in [5.74, 6) is 4.40. The summed E-state index contributed by atoms with van der Waals surface area (Å²) in [4.78, 5) is 15.8. The second-order valence-electron chi connectivity index (χ2n) is 17.8. The van der Waals surface area contributed by atoms with Gasteiger partial charge in [-0.2, -0.15) is 0 Å². The Balaban J connectivity index is 0.999. The zero-order valence-electron chi connectivity index (χ0n) is 33.1. The van der Waals surface area contributed by atoms with E-state index in [0.717, 1.165) is 95.0 Å². The van der Waals surface area contributed by atoms with Crippen LogP contribution in [0.15, 0.2) is 167 Å². The molecule has 0 N–H and O–H groups in total. The van der Waals surface area contributed by atoms with Crippen molar-refractivity contribution in [1.29, 1.82) is 0 Å². The van der Waals surface area contributed by atoms with Gasteiger partial charge in [0.05, 0.1) is 11.1 Å². The van der Waals surface area contributed by atoms with E-state index in [-0.39, 0.29) is 0 Å². The quantitative estimate of drug-likeness (QED) is 0.168. The van der Waals surface area contributed by atoms with E-state index in [1.807, 2.05) is 42.5 Å². The minimum Gasteiger partial charge on any atom is -0.455 e. The highest BCUT2D eigenvalue weighted by molar-refractivity contribution is 6.11. The van der Waals surface area contributed by atoms with E-state index in [1.54, 1.807) is 0 Å². The summed E-state index contributed by atoms with van der Waals surface area (Å²) in [5, 5.41) is 4.20. The van der Waals surface area contributed by atoms with Gasteiger partial charge in [-0.15, -0.1) is 0 Å². The predicted molar refractivity (Wildman–Crippen MR) is 241 cm³/mol. The van der Waals surface area contributed by atoms with Crippen molar-refractivity contribution >= 4 is 43.9 Å². The Morgan fingerprint density at radius 2 is 0.883 bits per heavy atom. The van der Waals surface area contributed by atoms with Crippen molar-refractivity contribution < 1.29 is 8.83 Å². The van der Waals surface area contributed by atoms with E-state index in [4.69, 9.17) is 23.8 Å². The van der Waals surface area contributed by atoms with E-state index in [9.17, 15) is 0 Å². The molecule has 3 heterocycles. The third kappa shape index (κ3) is 5.41. The number of benzene rings is 7. The number of para-hydroxylation sites is 3. The molecule has 0 spiro atoms. The molecule has 4 aliphatic rings. The molecule has 0 amide bonds. The summed E-state index contributed by atoms with van der Waals surface area (Å²) in [5.41, 5.74) is 12.2. The number of hydrogen-bond acceptors (Lipinski definition) is 5. The van der Waals surface area contributed by atoms with Gasteiger partial charge >= 0.3 is 0 Å². The lowest BCUT2D eigenvalue weighted by Crippen LogP contribution is -2.48. The zero-order chi connectivity index (χ0) is 39.4. The summed E-state index contributed by atoms with van der Waals surface area (Å²) >= 11 is 0. The maximum Gasteiger partial charge on any atom is 0.167 e. The Bertz CT molecular complexity index is 3250. The first-order chi connectivity index (χ1) is 29.6. The Labute approximate surface area is 347 Å². The molecule has 0 saturated heterocycles. The molecule has 0 aliphatic heterocycles. The number of fused-ring (bicyclic) bond motifs is 6. The molecule has 0 unspecified atom stereocenters. The van der Waals surface area contributed by atoms with Crippen molar-refractivity contribution in [3.63, 3.8) is 0 Å². The van der Waals surface area contributed by atoms with Gasteiger partial charge in [0.15, 0.2) is 17.5 Å². The van der Waals surface area contributed by atoms with Crippen molar-refractivity contribution in [2.24, 2.45) is 17.8 Å². The molecular formula is C55H41N3O2. The Morgan fingerprint density at radius 1 is 0.383 bits per heavy atom. The Kier molecular flexibility index (Phi) is 7.42. The van der Waals surface area contributed by atoms with Crippen LogP contribution in [0.25, 0.3) is 100 Å². The predicted octanol–water partition coefficient (Wildman–Crippen LogP) is 14.5.